The lowest BCUT2D eigenvalue weighted by Gasteiger charge is -2.31. The van der Waals surface area contributed by atoms with E-state index in [1.54, 1.807) is 0 Å². The van der Waals surface area contributed by atoms with E-state index in [0.29, 0.717) is 13.0 Å². The van der Waals surface area contributed by atoms with E-state index >= 15 is 0 Å². The number of unbranched alkanes of at least 4 members (excludes halogenated alkanes) is 5. The molecule has 2 nitrogen and oxygen atoms in total. The van der Waals surface area contributed by atoms with Crippen molar-refractivity contribution >= 4 is 5.78 Å². The Kier molecular flexibility index (Phi) is 6.49. The van der Waals surface area contributed by atoms with Gasteiger partial charge in [0, 0.05) is 24.2 Å². The van der Waals surface area contributed by atoms with E-state index in [1.807, 2.05) is 19.1 Å². The summed E-state index contributed by atoms with van der Waals surface area (Å²) in [6.07, 6.45) is 7.67. The molecular formula is C25H32O2. The van der Waals surface area contributed by atoms with Crippen molar-refractivity contribution in [1.82, 2.24) is 0 Å². The Bertz CT molecular complexity index is 793. The number of carbonyl (C=O) groups excluding carboxylic acids is 1. The highest BCUT2D eigenvalue weighted by Crippen LogP contribution is 2.52. The van der Waals surface area contributed by atoms with Crippen LogP contribution in [-0.2, 0) is 15.1 Å². The molecule has 0 fully saturated rings. The maximum absolute atomic E-state index is 13.6. The van der Waals surface area contributed by atoms with Crippen molar-refractivity contribution in [2.75, 3.05) is 6.61 Å². The number of fused-ring (bicyclic) bond motifs is 3. The summed E-state index contributed by atoms with van der Waals surface area (Å²) in [5, 5.41) is 0. The molecule has 3 rings (SSSR count). The highest BCUT2D eigenvalue weighted by molar-refractivity contribution is 6.00. The molecule has 0 heterocycles. The van der Waals surface area contributed by atoms with Crippen LogP contribution in [0.2, 0.25) is 0 Å². The number of carbonyl (C=O) groups is 1. The first-order chi connectivity index (χ1) is 13.2. The van der Waals surface area contributed by atoms with Gasteiger partial charge < -0.3 is 4.74 Å². The van der Waals surface area contributed by atoms with E-state index in [1.165, 1.54) is 25.7 Å². The molecule has 0 saturated heterocycles. The average molecular weight is 365 g/mol. The lowest BCUT2D eigenvalue weighted by molar-refractivity contribution is -0.140. The number of hydrogen-bond donors (Lipinski definition) is 0. The normalized spacial score (nSPS) is 17.6. The van der Waals surface area contributed by atoms with Crippen molar-refractivity contribution in [2.45, 2.75) is 71.3 Å². The van der Waals surface area contributed by atoms with Gasteiger partial charge in [0.05, 0.1) is 0 Å². The molecule has 0 radical (unpaired) electrons. The molecule has 27 heavy (non-hydrogen) atoms. The van der Waals surface area contributed by atoms with Crippen molar-refractivity contribution < 1.29 is 9.53 Å². The lowest BCUT2D eigenvalue weighted by atomic mass is 9.82. The van der Waals surface area contributed by atoms with Crippen LogP contribution in [-0.4, -0.2) is 12.4 Å². The van der Waals surface area contributed by atoms with Gasteiger partial charge >= 0.3 is 0 Å². The molecule has 0 aromatic heterocycles. The second-order valence-electron chi connectivity index (χ2n) is 7.60. The molecule has 1 aliphatic carbocycles. The van der Waals surface area contributed by atoms with E-state index in [-0.39, 0.29) is 5.78 Å². The van der Waals surface area contributed by atoms with Gasteiger partial charge in [-0.1, -0.05) is 81.5 Å². The SMILES string of the molecule is CCCCCCCCC(=O)C1(OCC)c2ccccc2-c2cccc(C)c21. The zero-order valence-electron chi connectivity index (χ0n) is 17.0. The van der Waals surface area contributed by atoms with Crippen LogP contribution < -0.4 is 0 Å². The first kappa shape index (κ1) is 19.8. The van der Waals surface area contributed by atoms with E-state index in [2.05, 4.69) is 44.2 Å². The van der Waals surface area contributed by atoms with Crippen molar-refractivity contribution in [3.05, 3.63) is 59.2 Å². The van der Waals surface area contributed by atoms with Crippen molar-refractivity contribution in [3.63, 3.8) is 0 Å². The lowest BCUT2D eigenvalue weighted by Crippen LogP contribution is -2.39. The molecule has 2 heteroatoms. The molecular weight excluding hydrogens is 332 g/mol. The van der Waals surface area contributed by atoms with Crippen LogP contribution in [0.15, 0.2) is 42.5 Å². The van der Waals surface area contributed by atoms with E-state index in [4.69, 9.17) is 4.74 Å². The van der Waals surface area contributed by atoms with Gasteiger partial charge in [0.15, 0.2) is 11.4 Å². The minimum Gasteiger partial charge on any atom is -0.358 e. The van der Waals surface area contributed by atoms with Gasteiger partial charge in [-0.25, -0.2) is 0 Å². The molecule has 0 aliphatic heterocycles. The van der Waals surface area contributed by atoms with E-state index in [0.717, 1.165) is 40.7 Å². The van der Waals surface area contributed by atoms with Crippen molar-refractivity contribution in [1.29, 1.82) is 0 Å². The molecule has 1 aliphatic rings. The topological polar surface area (TPSA) is 26.3 Å². The van der Waals surface area contributed by atoms with Crippen LogP contribution in [0.5, 0.6) is 0 Å². The number of ether oxygens (including phenoxy) is 1. The second kappa shape index (κ2) is 8.84. The second-order valence-corrected chi connectivity index (χ2v) is 7.60. The zero-order valence-corrected chi connectivity index (χ0v) is 17.0. The Labute approximate surface area is 164 Å². The molecule has 0 amide bonds. The van der Waals surface area contributed by atoms with E-state index < -0.39 is 5.60 Å². The number of benzene rings is 2. The van der Waals surface area contributed by atoms with Crippen molar-refractivity contribution in [3.8, 4) is 11.1 Å². The summed E-state index contributed by atoms with van der Waals surface area (Å²) in [7, 11) is 0. The summed E-state index contributed by atoms with van der Waals surface area (Å²) in [6, 6.07) is 14.6. The molecule has 1 atom stereocenters. The minimum absolute atomic E-state index is 0.209. The summed E-state index contributed by atoms with van der Waals surface area (Å²) >= 11 is 0. The molecule has 144 valence electrons. The third kappa shape index (κ3) is 3.60. The van der Waals surface area contributed by atoms with Crippen LogP contribution in [0, 0.1) is 6.92 Å². The summed E-state index contributed by atoms with van der Waals surface area (Å²) < 4.78 is 6.33. The molecule has 0 N–H and O–H groups in total. The first-order valence-corrected chi connectivity index (χ1v) is 10.5. The molecule has 1 unspecified atom stereocenters. The quantitative estimate of drug-likeness (QED) is 0.445. The molecule has 0 saturated carbocycles. The van der Waals surface area contributed by atoms with Gasteiger partial charge in [-0.2, -0.15) is 0 Å². The Morgan fingerprint density at radius 2 is 1.59 bits per heavy atom. The van der Waals surface area contributed by atoms with Gasteiger partial charge in [-0.15, -0.1) is 0 Å². The summed E-state index contributed by atoms with van der Waals surface area (Å²) in [5.74, 6) is 0.209. The number of hydrogen-bond acceptors (Lipinski definition) is 2. The predicted octanol–water partition coefficient (Wildman–Crippen LogP) is 6.58. The summed E-state index contributed by atoms with van der Waals surface area (Å²) in [5.41, 5.74) is 4.57. The first-order valence-electron chi connectivity index (χ1n) is 10.5. The highest BCUT2D eigenvalue weighted by Gasteiger charge is 2.50. The van der Waals surface area contributed by atoms with E-state index in [9.17, 15) is 4.79 Å². The average Bonchev–Trinajstić information content (AvgIpc) is 2.97. The summed E-state index contributed by atoms with van der Waals surface area (Å²) in [4.78, 5) is 13.6. The fourth-order valence-electron chi connectivity index (χ4n) is 4.50. The smallest absolute Gasteiger partial charge is 0.177 e. The van der Waals surface area contributed by atoms with Gasteiger partial charge in [0.2, 0.25) is 0 Å². The van der Waals surface area contributed by atoms with Crippen LogP contribution in [0.4, 0.5) is 0 Å². The molecule has 2 aromatic rings. The van der Waals surface area contributed by atoms with Crippen LogP contribution in [0.3, 0.4) is 0 Å². The number of ketones is 1. The van der Waals surface area contributed by atoms with Gasteiger partial charge in [0.1, 0.15) is 0 Å². The monoisotopic (exact) mass is 364 g/mol. The Hall–Kier alpha value is -1.93. The Morgan fingerprint density at radius 3 is 2.37 bits per heavy atom. The molecule has 2 aromatic carbocycles. The maximum Gasteiger partial charge on any atom is 0.177 e. The van der Waals surface area contributed by atoms with Gasteiger partial charge in [-0.05, 0) is 37.0 Å². The van der Waals surface area contributed by atoms with Gasteiger partial charge in [-0.3, -0.25) is 4.79 Å². The third-order valence-electron chi connectivity index (χ3n) is 5.73. The Morgan fingerprint density at radius 1 is 0.889 bits per heavy atom. The minimum atomic E-state index is -0.935. The molecule has 0 bridgehead atoms. The fourth-order valence-corrected chi connectivity index (χ4v) is 4.50. The van der Waals surface area contributed by atoms with Crippen LogP contribution >= 0.6 is 0 Å². The summed E-state index contributed by atoms with van der Waals surface area (Å²) in [6.45, 7) is 6.83. The maximum atomic E-state index is 13.6. The van der Waals surface area contributed by atoms with Crippen LogP contribution in [0.25, 0.3) is 11.1 Å². The third-order valence-corrected chi connectivity index (χ3v) is 5.73. The van der Waals surface area contributed by atoms with Crippen molar-refractivity contribution in [2.24, 2.45) is 0 Å². The fraction of sp³-hybridized carbons (Fsp3) is 0.480. The number of aryl methyl sites for hydroxylation is 1. The predicted molar refractivity (Wildman–Crippen MR) is 112 cm³/mol. The Balaban J connectivity index is 1.92. The van der Waals surface area contributed by atoms with Crippen LogP contribution in [0.1, 0.15) is 75.5 Å². The highest BCUT2D eigenvalue weighted by atomic mass is 16.5. The van der Waals surface area contributed by atoms with Gasteiger partial charge in [0.25, 0.3) is 0 Å². The molecule has 0 spiro atoms. The zero-order chi connectivity index (χ0) is 19.3. The number of rotatable bonds is 10. The number of Topliss-reactive ketones (excluding diaryl/α,β-unsaturated/α-hetero) is 1. The standard InChI is InChI=1S/C25H32O2/c1-4-6-7-8-9-10-18-23(26)25(27-5-2)22-17-12-11-15-20(22)21-16-13-14-19(3)24(21)25/h11-17H,4-10,18H2,1-3H3. The largest absolute Gasteiger partial charge is 0.358 e.